The van der Waals surface area contributed by atoms with Crippen molar-refractivity contribution in [3.05, 3.63) is 23.8 Å². The Morgan fingerprint density at radius 3 is 2.80 bits per heavy atom. The Morgan fingerprint density at radius 2 is 2.08 bits per heavy atom. The highest BCUT2D eigenvalue weighted by molar-refractivity contribution is 5.66. The summed E-state index contributed by atoms with van der Waals surface area (Å²) in [6.07, 6.45) is 14.3. The van der Waals surface area contributed by atoms with Crippen LogP contribution in [0.2, 0.25) is 0 Å². The van der Waals surface area contributed by atoms with Gasteiger partial charge in [-0.3, -0.25) is 4.79 Å². The Labute approximate surface area is 151 Å². The zero-order chi connectivity index (χ0) is 18.2. The number of carboxylic acids is 1. The van der Waals surface area contributed by atoms with Gasteiger partial charge in [0.15, 0.2) is 0 Å². The first kappa shape index (κ1) is 20.2. The van der Waals surface area contributed by atoms with Crippen molar-refractivity contribution in [3.8, 4) is 0 Å². The maximum atomic E-state index is 10.6. The predicted molar refractivity (Wildman–Crippen MR) is 99.2 cm³/mol. The summed E-state index contributed by atoms with van der Waals surface area (Å²) in [4.78, 5) is 10.6. The number of hydrogen-bond donors (Lipinski definition) is 3. The summed E-state index contributed by atoms with van der Waals surface area (Å²) in [6, 6.07) is 0. The number of aliphatic hydroxyl groups excluding tert-OH is 2. The van der Waals surface area contributed by atoms with E-state index in [9.17, 15) is 15.0 Å². The van der Waals surface area contributed by atoms with Gasteiger partial charge in [-0.1, -0.05) is 50.0 Å². The summed E-state index contributed by atoms with van der Waals surface area (Å²) in [6.45, 7) is 2.16. The van der Waals surface area contributed by atoms with Crippen LogP contribution in [-0.4, -0.2) is 33.5 Å². The molecule has 1 unspecified atom stereocenters. The smallest absolute Gasteiger partial charge is 0.303 e. The van der Waals surface area contributed by atoms with Gasteiger partial charge >= 0.3 is 5.97 Å². The third-order valence-corrected chi connectivity index (χ3v) is 5.80. The van der Waals surface area contributed by atoms with Gasteiger partial charge < -0.3 is 15.3 Å². The molecule has 2 fully saturated rings. The molecule has 0 spiro atoms. The predicted octanol–water partition coefficient (Wildman–Crippen LogP) is 4.07. The molecule has 0 aromatic heterocycles. The van der Waals surface area contributed by atoms with Gasteiger partial charge in [0.2, 0.25) is 0 Å². The molecule has 2 saturated carbocycles. The van der Waals surface area contributed by atoms with Gasteiger partial charge in [0, 0.05) is 12.3 Å². The van der Waals surface area contributed by atoms with Gasteiger partial charge in [-0.2, -0.15) is 0 Å². The molecule has 25 heavy (non-hydrogen) atoms. The van der Waals surface area contributed by atoms with Gasteiger partial charge in [0.25, 0.3) is 0 Å². The van der Waals surface area contributed by atoms with E-state index in [0.29, 0.717) is 18.3 Å². The minimum atomic E-state index is -0.729. The largest absolute Gasteiger partial charge is 0.481 e. The summed E-state index contributed by atoms with van der Waals surface area (Å²) in [5, 5.41) is 29.1. The van der Waals surface area contributed by atoms with Crippen LogP contribution in [0.15, 0.2) is 23.8 Å². The van der Waals surface area contributed by atoms with E-state index in [4.69, 9.17) is 5.11 Å². The quantitative estimate of drug-likeness (QED) is 0.410. The van der Waals surface area contributed by atoms with Crippen molar-refractivity contribution >= 4 is 5.97 Å². The molecular weight excluding hydrogens is 316 g/mol. The fraction of sp³-hybridized carbons (Fsp3) is 0.762. The van der Waals surface area contributed by atoms with Gasteiger partial charge in [-0.25, -0.2) is 0 Å². The first-order chi connectivity index (χ1) is 12.0. The monoisotopic (exact) mass is 350 g/mol. The summed E-state index contributed by atoms with van der Waals surface area (Å²) in [7, 11) is 0. The molecule has 0 bridgehead atoms. The van der Waals surface area contributed by atoms with Gasteiger partial charge in [0.05, 0.1) is 12.2 Å². The number of carboxylic acid groups (broad SMARTS) is 1. The van der Waals surface area contributed by atoms with Gasteiger partial charge in [-0.05, 0) is 50.4 Å². The molecule has 0 saturated heterocycles. The Kier molecular flexibility index (Phi) is 8.17. The average molecular weight is 350 g/mol. The van der Waals surface area contributed by atoms with Gasteiger partial charge in [0.1, 0.15) is 0 Å². The van der Waals surface area contributed by atoms with E-state index < -0.39 is 12.1 Å². The van der Waals surface area contributed by atoms with E-state index >= 15 is 0 Å². The lowest BCUT2D eigenvalue weighted by Crippen LogP contribution is -2.17. The SMILES string of the molecule is CCCCC[C@@H](O)/C=C/[C@H]1C(O)C[C@@H]2C/C(=C\CCCC(=O)O)C[C@@H]21. The highest BCUT2D eigenvalue weighted by atomic mass is 16.4. The van der Waals surface area contributed by atoms with Crippen molar-refractivity contribution in [1.29, 1.82) is 0 Å². The standard InChI is InChI=1S/C21H34O4/c1-2-3-4-8-17(22)10-11-18-19-13-15(7-5-6-9-21(24)25)12-16(19)14-20(18)23/h7,10-11,16-20,22-23H,2-6,8-9,12-14H2,1H3,(H,24,25)/b11-10+,15-7+/t16-,17+,18+,19-,20?/m0/s1. The van der Waals surface area contributed by atoms with E-state index in [1.807, 2.05) is 6.08 Å². The molecule has 5 atom stereocenters. The Morgan fingerprint density at radius 1 is 1.28 bits per heavy atom. The van der Waals surface area contributed by atoms with Crippen LogP contribution in [0.25, 0.3) is 0 Å². The number of carbonyl (C=O) groups is 1. The van der Waals surface area contributed by atoms with Crippen molar-refractivity contribution in [2.24, 2.45) is 17.8 Å². The molecule has 0 aliphatic heterocycles. The minimum Gasteiger partial charge on any atom is -0.481 e. The van der Waals surface area contributed by atoms with E-state index in [-0.39, 0.29) is 18.4 Å². The summed E-state index contributed by atoms with van der Waals surface area (Å²) < 4.78 is 0. The molecule has 0 radical (unpaired) electrons. The fourth-order valence-corrected chi connectivity index (χ4v) is 4.46. The Balaban J connectivity index is 1.83. The number of rotatable bonds is 10. The average Bonchev–Trinajstić information content (AvgIpc) is 3.06. The zero-order valence-electron chi connectivity index (χ0n) is 15.4. The van der Waals surface area contributed by atoms with Crippen molar-refractivity contribution in [1.82, 2.24) is 0 Å². The lowest BCUT2D eigenvalue weighted by atomic mass is 9.90. The molecule has 0 aromatic rings. The second kappa shape index (κ2) is 10.1. The first-order valence-electron chi connectivity index (χ1n) is 9.95. The topological polar surface area (TPSA) is 77.8 Å². The summed E-state index contributed by atoms with van der Waals surface area (Å²) >= 11 is 0. The van der Waals surface area contributed by atoms with Crippen LogP contribution in [-0.2, 0) is 4.79 Å². The molecule has 142 valence electrons. The van der Waals surface area contributed by atoms with Crippen LogP contribution in [0.4, 0.5) is 0 Å². The molecule has 2 aliphatic carbocycles. The molecule has 0 heterocycles. The maximum absolute atomic E-state index is 10.6. The van der Waals surface area contributed by atoms with Crippen LogP contribution in [0.5, 0.6) is 0 Å². The third kappa shape index (κ3) is 6.27. The highest BCUT2D eigenvalue weighted by Gasteiger charge is 2.44. The van der Waals surface area contributed by atoms with Crippen LogP contribution in [0.3, 0.4) is 0 Å². The van der Waals surface area contributed by atoms with Crippen molar-refractivity contribution in [2.75, 3.05) is 0 Å². The van der Waals surface area contributed by atoms with E-state index in [2.05, 4.69) is 19.1 Å². The zero-order valence-corrected chi connectivity index (χ0v) is 15.4. The molecule has 2 rings (SSSR count). The van der Waals surface area contributed by atoms with Gasteiger partial charge in [-0.15, -0.1) is 0 Å². The van der Waals surface area contributed by atoms with E-state index in [0.717, 1.165) is 51.4 Å². The third-order valence-electron chi connectivity index (χ3n) is 5.80. The Hall–Kier alpha value is -1.13. The number of hydrogen-bond acceptors (Lipinski definition) is 3. The molecule has 0 aromatic carbocycles. The van der Waals surface area contributed by atoms with Crippen molar-refractivity contribution < 1.29 is 20.1 Å². The Bertz CT molecular complexity index is 482. The number of aliphatic carboxylic acids is 1. The molecule has 4 heteroatoms. The lowest BCUT2D eigenvalue weighted by molar-refractivity contribution is -0.137. The number of fused-ring (bicyclic) bond motifs is 1. The van der Waals surface area contributed by atoms with E-state index in [1.54, 1.807) is 0 Å². The van der Waals surface area contributed by atoms with Crippen LogP contribution in [0, 0.1) is 17.8 Å². The minimum absolute atomic E-state index is 0.149. The highest BCUT2D eigenvalue weighted by Crippen LogP contribution is 2.50. The summed E-state index contributed by atoms with van der Waals surface area (Å²) in [5.74, 6) is 0.427. The van der Waals surface area contributed by atoms with Crippen molar-refractivity contribution in [3.63, 3.8) is 0 Å². The second-order valence-corrected chi connectivity index (χ2v) is 7.81. The lowest BCUT2D eigenvalue weighted by Gasteiger charge is -2.17. The summed E-state index contributed by atoms with van der Waals surface area (Å²) in [5.41, 5.74) is 1.43. The number of allylic oxidation sites excluding steroid dienone is 2. The maximum Gasteiger partial charge on any atom is 0.303 e. The van der Waals surface area contributed by atoms with Crippen molar-refractivity contribution in [2.45, 2.75) is 83.3 Å². The van der Waals surface area contributed by atoms with Crippen LogP contribution in [0.1, 0.15) is 71.1 Å². The number of unbranched alkanes of at least 4 members (excludes halogenated alkanes) is 3. The van der Waals surface area contributed by atoms with E-state index in [1.165, 1.54) is 5.57 Å². The molecule has 0 amide bonds. The molecule has 3 N–H and O–H groups in total. The number of aliphatic hydroxyl groups is 2. The molecule has 4 nitrogen and oxygen atoms in total. The molecule has 2 aliphatic rings. The normalized spacial score (nSPS) is 31.7. The second-order valence-electron chi connectivity index (χ2n) is 7.81. The molecular formula is C21H34O4. The van der Waals surface area contributed by atoms with Crippen LogP contribution < -0.4 is 0 Å². The first-order valence-corrected chi connectivity index (χ1v) is 9.95. The fourth-order valence-electron chi connectivity index (χ4n) is 4.46. The van der Waals surface area contributed by atoms with Crippen LogP contribution >= 0.6 is 0 Å².